The van der Waals surface area contributed by atoms with Gasteiger partial charge in [0, 0.05) is 31.9 Å². The molecule has 1 fully saturated rings. The van der Waals surface area contributed by atoms with Crippen molar-refractivity contribution in [1.82, 2.24) is 14.9 Å². The highest BCUT2D eigenvalue weighted by atomic mass is 16.2. The lowest BCUT2D eigenvalue weighted by atomic mass is 10.1. The monoisotopic (exact) mass is 368 g/mol. The first-order valence-electron chi connectivity index (χ1n) is 9.27. The van der Waals surface area contributed by atoms with Crippen LogP contribution >= 0.6 is 0 Å². The Morgan fingerprint density at radius 2 is 1.44 bits per heavy atom. The molecule has 144 valence electrons. The van der Waals surface area contributed by atoms with Crippen molar-refractivity contribution < 1.29 is 4.79 Å². The van der Waals surface area contributed by atoms with Crippen molar-refractivity contribution in [3.05, 3.63) is 40.7 Å². The molecular formula is C20H28N6O. The van der Waals surface area contributed by atoms with Crippen molar-refractivity contribution in [3.8, 4) is 0 Å². The highest BCUT2D eigenvalue weighted by Gasteiger charge is 2.19. The fourth-order valence-electron chi connectivity index (χ4n) is 3.35. The predicted octanol–water partition coefficient (Wildman–Crippen LogP) is 3.11. The Morgan fingerprint density at radius 3 is 2.00 bits per heavy atom. The number of urea groups is 1. The summed E-state index contributed by atoms with van der Waals surface area (Å²) in [5, 5.41) is 5.79. The number of nitrogens with one attached hydrogen (secondary N) is 2. The minimum absolute atomic E-state index is 0.290. The molecule has 0 unspecified atom stereocenters. The number of piperazine rings is 1. The van der Waals surface area contributed by atoms with E-state index in [1.807, 2.05) is 39.8 Å². The normalized spacial score (nSPS) is 14.9. The van der Waals surface area contributed by atoms with Gasteiger partial charge in [0.2, 0.25) is 5.95 Å². The van der Waals surface area contributed by atoms with Crippen LogP contribution in [0.3, 0.4) is 0 Å². The lowest BCUT2D eigenvalue weighted by molar-refractivity contribution is 0.262. The van der Waals surface area contributed by atoms with E-state index in [0.29, 0.717) is 5.69 Å². The van der Waals surface area contributed by atoms with Crippen LogP contribution in [0.5, 0.6) is 0 Å². The summed E-state index contributed by atoms with van der Waals surface area (Å²) in [6.45, 7) is 11.6. The molecule has 1 aromatic carbocycles. The Balaban J connectivity index is 1.72. The van der Waals surface area contributed by atoms with Gasteiger partial charge < -0.3 is 20.4 Å². The van der Waals surface area contributed by atoms with E-state index in [0.717, 1.165) is 60.3 Å². The van der Waals surface area contributed by atoms with Crippen LogP contribution in [0.4, 0.5) is 22.1 Å². The van der Waals surface area contributed by atoms with E-state index in [1.165, 1.54) is 0 Å². The first-order valence-corrected chi connectivity index (χ1v) is 9.27. The number of aromatic nitrogens is 2. The maximum absolute atomic E-state index is 12.4. The van der Waals surface area contributed by atoms with Gasteiger partial charge in [-0.25, -0.2) is 14.8 Å². The Kier molecular flexibility index (Phi) is 5.60. The number of likely N-dealkylation sites (N-methyl/N-ethyl adjacent to an activating group) is 1. The van der Waals surface area contributed by atoms with Gasteiger partial charge in [0.25, 0.3) is 0 Å². The molecule has 2 heterocycles. The number of rotatable bonds is 3. The largest absolute Gasteiger partial charge is 0.338 e. The number of amides is 2. The van der Waals surface area contributed by atoms with Crippen molar-refractivity contribution in [2.24, 2.45) is 0 Å². The molecular weight excluding hydrogens is 340 g/mol. The van der Waals surface area contributed by atoms with Crippen LogP contribution < -0.4 is 15.5 Å². The summed E-state index contributed by atoms with van der Waals surface area (Å²) in [5.41, 5.74) is 5.19. The molecule has 27 heavy (non-hydrogen) atoms. The molecule has 1 saturated heterocycles. The summed E-state index contributed by atoms with van der Waals surface area (Å²) in [7, 11) is 2.12. The third kappa shape index (κ3) is 4.74. The van der Waals surface area contributed by atoms with Crippen LogP contribution in [-0.2, 0) is 0 Å². The predicted molar refractivity (Wildman–Crippen MR) is 110 cm³/mol. The maximum atomic E-state index is 12.4. The molecule has 7 nitrogen and oxygen atoms in total. The van der Waals surface area contributed by atoms with Crippen molar-refractivity contribution in [1.29, 1.82) is 0 Å². The summed E-state index contributed by atoms with van der Waals surface area (Å²) in [6.07, 6.45) is 0. The van der Waals surface area contributed by atoms with Gasteiger partial charge in [-0.1, -0.05) is 6.07 Å². The smallest absolute Gasteiger partial charge is 0.323 e. The van der Waals surface area contributed by atoms with Crippen LogP contribution in [0.1, 0.15) is 22.5 Å². The number of carbonyl (C=O) groups is 1. The Hall–Kier alpha value is -2.67. The Morgan fingerprint density at radius 1 is 0.889 bits per heavy atom. The van der Waals surface area contributed by atoms with Gasteiger partial charge >= 0.3 is 6.03 Å². The SMILES string of the molecule is Cc1cc(C)cc(NC(=O)Nc2c(C)nc(N3CCN(C)CC3)nc2C)c1. The van der Waals surface area contributed by atoms with E-state index < -0.39 is 0 Å². The number of aryl methyl sites for hydroxylation is 4. The lowest BCUT2D eigenvalue weighted by Crippen LogP contribution is -2.45. The van der Waals surface area contributed by atoms with Gasteiger partial charge in [-0.05, 0) is 58.0 Å². The first-order chi connectivity index (χ1) is 12.8. The zero-order valence-corrected chi connectivity index (χ0v) is 16.8. The van der Waals surface area contributed by atoms with Crippen LogP contribution in [0.15, 0.2) is 18.2 Å². The molecule has 2 amide bonds. The fourth-order valence-corrected chi connectivity index (χ4v) is 3.35. The lowest BCUT2D eigenvalue weighted by Gasteiger charge is -2.32. The van der Waals surface area contributed by atoms with Crippen LogP contribution in [0, 0.1) is 27.7 Å². The minimum Gasteiger partial charge on any atom is -0.338 e. The molecule has 0 spiro atoms. The highest BCUT2D eigenvalue weighted by Crippen LogP contribution is 2.22. The van der Waals surface area contributed by atoms with Crippen LogP contribution in [-0.4, -0.2) is 54.1 Å². The number of hydrogen-bond donors (Lipinski definition) is 2. The molecule has 1 aliphatic rings. The number of anilines is 3. The average Bonchev–Trinajstić information content (AvgIpc) is 2.57. The number of benzene rings is 1. The summed E-state index contributed by atoms with van der Waals surface area (Å²) in [4.78, 5) is 26.2. The fraction of sp³-hybridized carbons (Fsp3) is 0.450. The summed E-state index contributed by atoms with van der Waals surface area (Å²) >= 11 is 0. The molecule has 3 rings (SSSR count). The molecule has 1 aliphatic heterocycles. The van der Waals surface area contributed by atoms with E-state index in [-0.39, 0.29) is 6.03 Å². The third-order valence-electron chi connectivity index (χ3n) is 4.76. The quantitative estimate of drug-likeness (QED) is 0.871. The van der Waals surface area contributed by atoms with E-state index in [1.54, 1.807) is 0 Å². The molecule has 0 bridgehead atoms. The van der Waals surface area contributed by atoms with Gasteiger partial charge in [0.15, 0.2) is 0 Å². The first kappa shape index (κ1) is 19.1. The van der Waals surface area contributed by atoms with Gasteiger partial charge in [0.1, 0.15) is 0 Å². The third-order valence-corrected chi connectivity index (χ3v) is 4.76. The van der Waals surface area contributed by atoms with Crippen molar-refractivity contribution in [2.75, 3.05) is 48.8 Å². The standard InChI is InChI=1S/C20H28N6O/c1-13-10-14(2)12-17(11-13)23-20(27)24-18-15(3)21-19(22-16(18)4)26-8-6-25(5)7-9-26/h10-12H,6-9H2,1-5H3,(H2,23,24,27). The van der Waals surface area contributed by atoms with Gasteiger partial charge in [0.05, 0.1) is 17.1 Å². The van der Waals surface area contributed by atoms with Crippen molar-refractivity contribution >= 4 is 23.4 Å². The molecule has 0 radical (unpaired) electrons. The van der Waals surface area contributed by atoms with E-state index in [4.69, 9.17) is 0 Å². The topological polar surface area (TPSA) is 73.4 Å². The maximum Gasteiger partial charge on any atom is 0.323 e. The van der Waals surface area contributed by atoms with Gasteiger partial charge in [-0.15, -0.1) is 0 Å². The minimum atomic E-state index is -0.290. The number of nitrogens with zero attached hydrogens (tertiary/aromatic N) is 4. The van der Waals surface area contributed by atoms with Crippen LogP contribution in [0.25, 0.3) is 0 Å². The zero-order chi connectivity index (χ0) is 19.6. The van der Waals surface area contributed by atoms with Gasteiger partial charge in [-0.2, -0.15) is 0 Å². The van der Waals surface area contributed by atoms with Crippen LogP contribution in [0.2, 0.25) is 0 Å². The van der Waals surface area contributed by atoms with Crippen molar-refractivity contribution in [3.63, 3.8) is 0 Å². The zero-order valence-electron chi connectivity index (χ0n) is 16.8. The summed E-state index contributed by atoms with van der Waals surface area (Å²) in [6, 6.07) is 5.67. The molecule has 1 aromatic heterocycles. The van der Waals surface area contributed by atoms with E-state index >= 15 is 0 Å². The molecule has 2 N–H and O–H groups in total. The Labute approximate surface area is 160 Å². The molecule has 7 heteroatoms. The second-order valence-corrected chi connectivity index (χ2v) is 7.32. The van der Waals surface area contributed by atoms with E-state index in [2.05, 4.69) is 43.5 Å². The molecule has 0 saturated carbocycles. The summed E-state index contributed by atoms with van der Waals surface area (Å²) in [5.74, 6) is 0.735. The van der Waals surface area contributed by atoms with Crippen molar-refractivity contribution in [2.45, 2.75) is 27.7 Å². The second kappa shape index (κ2) is 7.92. The number of hydrogen-bond acceptors (Lipinski definition) is 5. The average molecular weight is 368 g/mol. The highest BCUT2D eigenvalue weighted by molar-refractivity contribution is 6.00. The molecule has 2 aromatic rings. The Bertz CT molecular complexity index is 799. The second-order valence-electron chi connectivity index (χ2n) is 7.32. The van der Waals surface area contributed by atoms with Gasteiger partial charge in [-0.3, -0.25) is 0 Å². The number of carbonyl (C=O) groups excluding carboxylic acids is 1. The van der Waals surface area contributed by atoms with E-state index in [9.17, 15) is 4.79 Å². The molecule has 0 atom stereocenters. The summed E-state index contributed by atoms with van der Waals surface area (Å²) < 4.78 is 0. The molecule has 0 aliphatic carbocycles.